The maximum absolute atomic E-state index is 5.67. The lowest BCUT2D eigenvalue weighted by Crippen LogP contribution is -2.35. The van der Waals surface area contributed by atoms with Crippen molar-refractivity contribution in [2.75, 3.05) is 18.8 Å². The number of nitrogens with zero attached hydrogens (tertiary/aromatic N) is 3. The van der Waals surface area contributed by atoms with E-state index in [1.807, 2.05) is 22.2 Å². The smallest absolute Gasteiger partial charge is 0.0719 e. The summed E-state index contributed by atoms with van der Waals surface area (Å²) in [5, 5.41) is 6.43. The number of thiophene rings is 1. The van der Waals surface area contributed by atoms with E-state index in [0.717, 1.165) is 25.3 Å². The fraction of sp³-hybridized carbons (Fsp3) is 0.462. The van der Waals surface area contributed by atoms with Gasteiger partial charge < -0.3 is 5.73 Å². The molecule has 2 aromatic rings. The van der Waals surface area contributed by atoms with Crippen LogP contribution in [0.5, 0.6) is 0 Å². The normalized spacial score (nSPS) is 19.9. The Bertz CT molecular complexity index is 531. The second-order valence-electron chi connectivity index (χ2n) is 4.80. The molecule has 0 bridgehead atoms. The molecule has 0 saturated heterocycles. The molecule has 0 saturated carbocycles. The van der Waals surface area contributed by atoms with Gasteiger partial charge in [0, 0.05) is 30.2 Å². The minimum Gasteiger partial charge on any atom is -0.396 e. The SMILES string of the molecule is CC1c2ccsc2CCN1CCn1cc(N)cn1. The largest absolute Gasteiger partial charge is 0.396 e. The van der Waals surface area contributed by atoms with E-state index in [2.05, 4.69) is 28.4 Å². The number of rotatable bonds is 3. The molecule has 4 nitrogen and oxygen atoms in total. The summed E-state index contributed by atoms with van der Waals surface area (Å²) < 4.78 is 1.92. The van der Waals surface area contributed by atoms with E-state index >= 15 is 0 Å². The molecule has 1 aliphatic rings. The van der Waals surface area contributed by atoms with Gasteiger partial charge in [-0.15, -0.1) is 11.3 Å². The van der Waals surface area contributed by atoms with E-state index in [-0.39, 0.29) is 0 Å². The summed E-state index contributed by atoms with van der Waals surface area (Å²) >= 11 is 1.89. The van der Waals surface area contributed by atoms with Gasteiger partial charge >= 0.3 is 0 Å². The molecule has 1 unspecified atom stereocenters. The first-order valence-electron chi connectivity index (χ1n) is 6.32. The van der Waals surface area contributed by atoms with Gasteiger partial charge in [-0.25, -0.2) is 0 Å². The highest BCUT2D eigenvalue weighted by atomic mass is 32.1. The van der Waals surface area contributed by atoms with E-state index in [0.29, 0.717) is 6.04 Å². The van der Waals surface area contributed by atoms with Crippen LogP contribution in [0.1, 0.15) is 23.4 Å². The molecule has 2 N–H and O–H groups in total. The molecule has 2 aromatic heterocycles. The lowest BCUT2D eigenvalue weighted by Gasteiger charge is -2.33. The number of hydrogen-bond donors (Lipinski definition) is 1. The van der Waals surface area contributed by atoms with Crippen LogP contribution >= 0.6 is 11.3 Å². The average Bonchev–Trinajstić information content (AvgIpc) is 2.97. The second kappa shape index (κ2) is 4.74. The van der Waals surface area contributed by atoms with Crippen LogP contribution < -0.4 is 5.73 Å². The first-order valence-corrected chi connectivity index (χ1v) is 7.20. The summed E-state index contributed by atoms with van der Waals surface area (Å²) in [7, 11) is 0. The highest BCUT2D eigenvalue weighted by molar-refractivity contribution is 7.10. The first-order chi connectivity index (χ1) is 8.74. The second-order valence-corrected chi connectivity index (χ2v) is 5.80. The minimum atomic E-state index is 0.521. The quantitative estimate of drug-likeness (QED) is 0.922. The first kappa shape index (κ1) is 11.7. The fourth-order valence-electron chi connectivity index (χ4n) is 2.60. The summed E-state index contributed by atoms with van der Waals surface area (Å²) in [5.74, 6) is 0. The van der Waals surface area contributed by atoms with E-state index in [9.17, 15) is 0 Å². The number of nitrogen functional groups attached to an aromatic ring is 1. The predicted molar refractivity (Wildman–Crippen MR) is 74.7 cm³/mol. The lowest BCUT2D eigenvalue weighted by molar-refractivity contribution is 0.190. The fourth-order valence-corrected chi connectivity index (χ4v) is 3.56. The highest BCUT2D eigenvalue weighted by Crippen LogP contribution is 2.32. The molecule has 0 aromatic carbocycles. The summed E-state index contributed by atoms with van der Waals surface area (Å²) in [6, 6.07) is 2.79. The van der Waals surface area contributed by atoms with Crippen LogP contribution in [0.15, 0.2) is 23.8 Å². The molecule has 3 heterocycles. The number of fused-ring (bicyclic) bond motifs is 1. The molecule has 1 atom stereocenters. The van der Waals surface area contributed by atoms with E-state index in [1.54, 1.807) is 11.1 Å². The van der Waals surface area contributed by atoms with Crippen LogP contribution in [0.25, 0.3) is 0 Å². The van der Waals surface area contributed by atoms with Crippen molar-refractivity contribution in [3.05, 3.63) is 34.3 Å². The monoisotopic (exact) mass is 262 g/mol. The van der Waals surface area contributed by atoms with Crippen molar-refractivity contribution in [3.63, 3.8) is 0 Å². The summed E-state index contributed by atoms with van der Waals surface area (Å²) in [5.41, 5.74) is 7.91. The van der Waals surface area contributed by atoms with Crippen molar-refractivity contribution in [2.45, 2.75) is 25.9 Å². The number of anilines is 1. The predicted octanol–water partition coefficient (Wildman–Crippen LogP) is 2.15. The van der Waals surface area contributed by atoms with E-state index in [1.165, 1.54) is 12.0 Å². The van der Waals surface area contributed by atoms with Gasteiger partial charge in [0.25, 0.3) is 0 Å². The molecule has 0 amide bonds. The highest BCUT2D eigenvalue weighted by Gasteiger charge is 2.24. The third-order valence-corrected chi connectivity index (χ3v) is 4.67. The van der Waals surface area contributed by atoms with Crippen LogP contribution in [0.4, 0.5) is 5.69 Å². The van der Waals surface area contributed by atoms with Crippen molar-refractivity contribution < 1.29 is 0 Å². The zero-order chi connectivity index (χ0) is 12.5. The maximum Gasteiger partial charge on any atom is 0.0719 e. The number of hydrogen-bond acceptors (Lipinski definition) is 4. The number of aromatic nitrogens is 2. The van der Waals surface area contributed by atoms with Gasteiger partial charge in [-0.2, -0.15) is 5.10 Å². The Hall–Kier alpha value is -1.33. The third kappa shape index (κ3) is 2.15. The molecule has 1 aliphatic heterocycles. The topological polar surface area (TPSA) is 47.1 Å². The van der Waals surface area contributed by atoms with Crippen LogP contribution in [0.2, 0.25) is 0 Å². The van der Waals surface area contributed by atoms with Crippen LogP contribution in [0.3, 0.4) is 0 Å². The van der Waals surface area contributed by atoms with Crippen molar-refractivity contribution in [1.82, 2.24) is 14.7 Å². The molecule has 0 fully saturated rings. The molecule has 96 valence electrons. The van der Waals surface area contributed by atoms with Gasteiger partial charge in [-0.1, -0.05) is 0 Å². The summed E-state index contributed by atoms with van der Waals surface area (Å²) in [4.78, 5) is 4.08. The Morgan fingerprint density at radius 1 is 1.50 bits per heavy atom. The molecule has 18 heavy (non-hydrogen) atoms. The van der Waals surface area contributed by atoms with Gasteiger partial charge in [0.05, 0.1) is 18.4 Å². The van der Waals surface area contributed by atoms with Crippen molar-refractivity contribution in [1.29, 1.82) is 0 Å². The zero-order valence-corrected chi connectivity index (χ0v) is 11.4. The van der Waals surface area contributed by atoms with Crippen molar-refractivity contribution in [3.8, 4) is 0 Å². The Morgan fingerprint density at radius 2 is 2.39 bits per heavy atom. The molecule has 0 radical (unpaired) electrons. The Balaban J connectivity index is 1.64. The molecule has 0 spiro atoms. The van der Waals surface area contributed by atoms with Crippen molar-refractivity contribution in [2.24, 2.45) is 0 Å². The molecule has 0 aliphatic carbocycles. The Labute approximate surface area is 111 Å². The Morgan fingerprint density at radius 3 is 3.17 bits per heavy atom. The molecule has 5 heteroatoms. The van der Waals surface area contributed by atoms with E-state index in [4.69, 9.17) is 5.73 Å². The van der Waals surface area contributed by atoms with Crippen molar-refractivity contribution >= 4 is 17.0 Å². The van der Waals surface area contributed by atoms with Crippen LogP contribution in [-0.2, 0) is 13.0 Å². The minimum absolute atomic E-state index is 0.521. The average molecular weight is 262 g/mol. The molecule has 3 rings (SSSR count). The standard InChI is InChI=1S/C13H18N4S/c1-10-12-3-7-18-13(12)2-4-16(10)5-6-17-9-11(14)8-15-17/h3,7-10H,2,4-6,14H2,1H3. The van der Waals surface area contributed by atoms with Gasteiger partial charge in [-0.05, 0) is 30.4 Å². The third-order valence-electron chi connectivity index (χ3n) is 3.67. The van der Waals surface area contributed by atoms with Gasteiger partial charge in [0.15, 0.2) is 0 Å². The summed E-state index contributed by atoms with van der Waals surface area (Å²) in [6.45, 7) is 5.37. The summed E-state index contributed by atoms with van der Waals surface area (Å²) in [6.07, 6.45) is 4.78. The van der Waals surface area contributed by atoms with Crippen LogP contribution in [-0.4, -0.2) is 27.8 Å². The maximum atomic E-state index is 5.67. The van der Waals surface area contributed by atoms with Gasteiger partial charge in [0.2, 0.25) is 0 Å². The lowest BCUT2D eigenvalue weighted by atomic mass is 10.0. The molecular formula is C13H18N4S. The van der Waals surface area contributed by atoms with E-state index < -0.39 is 0 Å². The molecular weight excluding hydrogens is 244 g/mol. The zero-order valence-electron chi connectivity index (χ0n) is 10.5. The Kier molecular flexibility index (Phi) is 3.09. The van der Waals surface area contributed by atoms with Gasteiger partial charge in [0.1, 0.15) is 0 Å². The number of nitrogens with two attached hydrogens (primary N) is 1. The van der Waals surface area contributed by atoms with Crippen LogP contribution in [0, 0.1) is 0 Å². The van der Waals surface area contributed by atoms with Gasteiger partial charge in [-0.3, -0.25) is 9.58 Å².